The third-order valence-corrected chi connectivity index (χ3v) is 3.50. The van der Waals surface area contributed by atoms with E-state index in [-0.39, 0.29) is 11.9 Å². The normalized spacial score (nSPS) is 12.6. The molecule has 0 aliphatic carbocycles. The van der Waals surface area contributed by atoms with Crippen molar-refractivity contribution in [3.63, 3.8) is 0 Å². The van der Waals surface area contributed by atoms with Crippen molar-refractivity contribution in [2.45, 2.75) is 10.9 Å². The van der Waals surface area contributed by atoms with Gasteiger partial charge in [-0.2, -0.15) is 0 Å². The Morgan fingerprint density at radius 1 is 1.41 bits per heavy atom. The average molecular weight is 252 g/mol. The minimum atomic E-state index is -0.227. The predicted molar refractivity (Wildman–Crippen MR) is 65.1 cm³/mol. The Bertz CT molecular complexity index is 482. The van der Waals surface area contributed by atoms with Crippen LogP contribution in [0.5, 0.6) is 0 Å². The number of hydrogen-bond acceptors (Lipinski definition) is 4. The van der Waals surface area contributed by atoms with Gasteiger partial charge in [-0.1, -0.05) is 5.21 Å². The summed E-state index contributed by atoms with van der Waals surface area (Å²) in [7, 11) is 1.81. The largest absolute Gasteiger partial charge is 0.322 e. The lowest BCUT2D eigenvalue weighted by atomic mass is 10.3. The molecular weight excluding hydrogens is 239 g/mol. The zero-order chi connectivity index (χ0) is 12.3. The Labute approximate surface area is 103 Å². The van der Waals surface area contributed by atoms with Crippen LogP contribution in [0.1, 0.15) is 11.7 Å². The highest BCUT2D eigenvalue weighted by Crippen LogP contribution is 2.22. The second-order valence-corrected chi connectivity index (χ2v) is 4.75. The Balaban J connectivity index is 1.94. The van der Waals surface area contributed by atoms with E-state index in [1.54, 1.807) is 34.8 Å². The molecule has 4 nitrogen and oxygen atoms in total. The molecule has 6 heteroatoms. The van der Waals surface area contributed by atoms with Gasteiger partial charge in [-0.15, -0.1) is 16.9 Å². The van der Waals surface area contributed by atoms with Gasteiger partial charge >= 0.3 is 0 Å². The van der Waals surface area contributed by atoms with Crippen LogP contribution in [0.25, 0.3) is 0 Å². The maximum absolute atomic E-state index is 12.7. The summed E-state index contributed by atoms with van der Waals surface area (Å²) in [4.78, 5) is 0.997. The summed E-state index contributed by atoms with van der Waals surface area (Å²) in [6.45, 7) is 0. The Kier molecular flexibility index (Phi) is 3.75. The summed E-state index contributed by atoms with van der Waals surface area (Å²) >= 11 is 1.58. The van der Waals surface area contributed by atoms with E-state index in [0.29, 0.717) is 5.75 Å². The van der Waals surface area contributed by atoms with Crippen molar-refractivity contribution in [1.82, 2.24) is 15.0 Å². The fourth-order valence-electron chi connectivity index (χ4n) is 1.44. The molecule has 0 saturated heterocycles. The Hall–Kier alpha value is -1.40. The van der Waals surface area contributed by atoms with Crippen LogP contribution in [0.2, 0.25) is 0 Å². The second kappa shape index (κ2) is 5.29. The molecule has 1 heterocycles. The van der Waals surface area contributed by atoms with Crippen LogP contribution in [0.4, 0.5) is 4.39 Å². The van der Waals surface area contributed by atoms with Gasteiger partial charge in [-0.3, -0.25) is 4.68 Å². The number of rotatable bonds is 4. The number of aryl methyl sites for hydroxylation is 1. The minimum absolute atomic E-state index is 0.134. The molecule has 17 heavy (non-hydrogen) atoms. The summed E-state index contributed by atoms with van der Waals surface area (Å²) in [6, 6.07) is 6.24. The molecule has 2 aromatic rings. The molecular formula is C11H13FN4S. The van der Waals surface area contributed by atoms with Gasteiger partial charge in [0.15, 0.2) is 0 Å². The van der Waals surface area contributed by atoms with E-state index < -0.39 is 0 Å². The van der Waals surface area contributed by atoms with Gasteiger partial charge in [-0.25, -0.2) is 4.39 Å². The highest BCUT2D eigenvalue weighted by atomic mass is 32.2. The first kappa shape index (κ1) is 12.1. The average Bonchev–Trinajstić information content (AvgIpc) is 2.74. The lowest BCUT2D eigenvalue weighted by molar-refractivity contribution is 0.626. The molecule has 0 fully saturated rings. The quantitative estimate of drug-likeness (QED) is 0.842. The first-order valence-electron chi connectivity index (χ1n) is 5.15. The van der Waals surface area contributed by atoms with E-state index in [1.165, 1.54) is 12.1 Å². The number of hydrogen-bond donors (Lipinski definition) is 1. The lowest BCUT2D eigenvalue weighted by Gasteiger charge is -2.10. The Morgan fingerprint density at radius 3 is 2.71 bits per heavy atom. The van der Waals surface area contributed by atoms with Crippen molar-refractivity contribution < 1.29 is 4.39 Å². The number of halogens is 1. The zero-order valence-corrected chi connectivity index (χ0v) is 10.2. The van der Waals surface area contributed by atoms with Crippen LogP contribution in [0.3, 0.4) is 0 Å². The molecule has 0 radical (unpaired) electrons. The van der Waals surface area contributed by atoms with Crippen LogP contribution in [-0.4, -0.2) is 20.7 Å². The summed E-state index contributed by atoms with van der Waals surface area (Å²) < 4.78 is 14.4. The zero-order valence-electron chi connectivity index (χ0n) is 9.38. The van der Waals surface area contributed by atoms with Gasteiger partial charge in [-0.05, 0) is 24.3 Å². The van der Waals surface area contributed by atoms with E-state index >= 15 is 0 Å². The van der Waals surface area contributed by atoms with E-state index in [0.717, 1.165) is 10.6 Å². The van der Waals surface area contributed by atoms with E-state index in [2.05, 4.69) is 10.3 Å². The highest BCUT2D eigenvalue weighted by Gasteiger charge is 2.11. The third-order valence-electron chi connectivity index (χ3n) is 2.37. The molecule has 90 valence electrons. The molecule has 0 spiro atoms. The third kappa shape index (κ3) is 3.04. The first-order chi connectivity index (χ1) is 8.16. The number of benzene rings is 1. The Morgan fingerprint density at radius 2 is 2.12 bits per heavy atom. The smallest absolute Gasteiger partial charge is 0.123 e. The fourth-order valence-corrected chi connectivity index (χ4v) is 2.31. The first-order valence-corrected chi connectivity index (χ1v) is 6.14. The second-order valence-electron chi connectivity index (χ2n) is 3.65. The van der Waals surface area contributed by atoms with Gasteiger partial charge < -0.3 is 5.73 Å². The molecule has 0 aliphatic heterocycles. The fraction of sp³-hybridized carbons (Fsp3) is 0.273. The van der Waals surface area contributed by atoms with Gasteiger partial charge in [0.25, 0.3) is 0 Å². The van der Waals surface area contributed by atoms with Gasteiger partial charge in [0.2, 0.25) is 0 Å². The van der Waals surface area contributed by atoms with E-state index in [4.69, 9.17) is 5.73 Å². The SMILES string of the molecule is Cn1nncc1C(N)CSc1ccc(F)cc1. The topological polar surface area (TPSA) is 56.7 Å². The number of nitrogens with zero attached hydrogens (tertiary/aromatic N) is 3. The molecule has 2 N–H and O–H groups in total. The molecule has 0 bridgehead atoms. The molecule has 2 rings (SSSR count). The maximum Gasteiger partial charge on any atom is 0.123 e. The highest BCUT2D eigenvalue weighted by molar-refractivity contribution is 7.99. The maximum atomic E-state index is 12.7. The number of thioether (sulfide) groups is 1. The summed E-state index contributed by atoms with van der Waals surface area (Å²) in [6.07, 6.45) is 1.66. The molecule has 1 atom stereocenters. The predicted octanol–water partition coefficient (Wildman–Crippen LogP) is 1.75. The number of nitrogens with two attached hydrogens (primary N) is 1. The van der Waals surface area contributed by atoms with Crippen molar-refractivity contribution in [3.8, 4) is 0 Å². The van der Waals surface area contributed by atoms with Crippen molar-refractivity contribution in [2.75, 3.05) is 5.75 Å². The minimum Gasteiger partial charge on any atom is -0.322 e. The summed E-state index contributed by atoms with van der Waals surface area (Å²) in [5.74, 6) is 0.474. The van der Waals surface area contributed by atoms with Crippen LogP contribution < -0.4 is 5.73 Å². The van der Waals surface area contributed by atoms with E-state index in [9.17, 15) is 4.39 Å². The summed E-state index contributed by atoms with van der Waals surface area (Å²) in [5, 5.41) is 7.62. The summed E-state index contributed by atoms with van der Waals surface area (Å²) in [5.41, 5.74) is 6.91. The van der Waals surface area contributed by atoms with Crippen molar-refractivity contribution >= 4 is 11.8 Å². The van der Waals surface area contributed by atoms with Crippen LogP contribution in [0, 0.1) is 5.82 Å². The van der Waals surface area contributed by atoms with Gasteiger partial charge in [0, 0.05) is 17.7 Å². The standard InChI is InChI=1S/C11H13FN4S/c1-16-11(6-14-15-16)10(13)7-17-9-4-2-8(12)3-5-9/h2-6,10H,7,13H2,1H3. The monoisotopic (exact) mass is 252 g/mol. The van der Waals surface area contributed by atoms with Crippen molar-refractivity contribution in [1.29, 1.82) is 0 Å². The molecule has 0 amide bonds. The van der Waals surface area contributed by atoms with E-state index in [1.807, 2.05) is 7.05 Å². The molecule has 1 aromatic carbocycles. The van der Waals surface area contributed by atoms with Crippen molar-refractivity contribution in [3.05, 3.63) is 42.0 Å². The van der Waals surface area contributed by atoms with Gasteiger partial charge in [0.05, 0.1) is 17.9 Å². The molecule has 0 saturated carbocycles. The van der Waals surface area contributed by atoms with Crippen molar-refractivity contribution in [2.24, 2.45) is 12.8 Å². The van der Waals surface area contributed by atoms with Crippen LogP contribution >= 0.6 is 11.8 Å². The lowest BCUT2D eigenvalue weighted by Crippen LogP contribution is -2.16. The van der Waals surface area contributed by atoms with Crippen LogP contribution in [0.15, 0.2) is 35.4 Å². The van der Waals surface area contributed by atoms with Crippen LogP contribution in [-0.2, 0) is 7.05 Å². The number of aromatic nitrogens is 3. The molecule has 1 aromatic heterocycles. The molecule has 0 aliphatic rings. The van der Waals surface area contributed by atoms with Gasteiger partial charge in [0.1, 0.15) is 5.82 Å². The molecule has 1 unspecified atom stereocenters.